The van der Waals surface area contributed by atoms with E-state index in [9.17, 15) is 8.42 Å². The molecule has 1 heterocycles. The van der Waals surface area contributed by atoms with E-state index in [-0.39, 0.29) is 11.4 Å². The van der Waals surface area contributed by atoms with Gasteiger partial charge in [0.1, 0.15) is 10.6 Å². The molecule has 0 fully saturated rings. The summed E-state index contributed by atoms with van der Waals surface area (Å²) in [5.74, 6) is 1.23. The minimum absolute atomic E-state index is 0.130. The molecule has 0 aliphatic rings. The average molecular weight is 464 g/mol. The number of rotatable bonds is 9. The van der Waals surface area contributed by atoms with Crippen LogP contribution in [0, 0.1) is 0 Å². The highest BCUT2D eigenvalue weighted by atomic mass is 32.2. The quantitative estimate of drug-likeness (QED) is 0.405. The third kappa shape index (κ3) is 5.08. The zero-order valence-electron chi connectivity index (χ0n) is 18.4. The van der Waals surface area contributed by atoms with Crippen molar-refractivity contribution in [2.45, 2.75) is 11.3 Å². The molecule has 0 saturated carbocycles. The smallest absolute Gasteiger partial charge is 0.244 e. The molecule has 0 spiro atoms. The summed E-state index contributed by atoms with van der Waals surface area (Å²) in [5, 5.41) is 4.59. The van der Waals surface area contributed by atoms with Crippen LogP contribution in [0.4, 0.5) is 0 Å². The van der Waals surface area contributed by atoms with Gasteiger partial charge >= 0.3 is 0 Å². The van der Waals surface area contributed by atoms with E-state index in [1.807, 2.05) is 72.8 Å². The predicted octanol–water partition coefficient (Wildman–Crippen LogP) is 4.08. The highest BCUT2D eigenvalue weighted by Crippen LogP contribution is 2.29. The second-order valence-electron chi connectivity index (χ2n) is 7.33. The molecule has 0 saturated heterocycles. The van der Waals surface area contributed by atoms with E-state index in [0.717, 1.165) is 16.8 Å². The standard InChI is InChI=1S/C25H25N3O4S/c1-31-22-14-13-19(17-23(22)32-2)15-16-26-33(29,30)24-18-28(21-11-7-4-8-12-21)27-25(24)20-9-5-3-6-10-20/h3-14,17-18,26H,15-16H2,1-2H3. The fourth-order valence-electron chi connectivity index (χ4n) is 3.51. The van der Waals surface area contributed by atoms with Crippen molar-refractivity contribution >= 4 is 10.0 Å². The van der Waals surface area contributed by atoms with Crippen molar-refractivity contribution < 1.29 is 17.9 Å². The first-order valence-electron chi connectivity index (χ1n) is 10.4. The highest BCUT2D eigenvalue weighted by Gasteiger charge is 2.24. The first-order valence-corrected chi connectivity index (χ1v) is 11.9. The van der Waals surface area contributed by atoms with Gasteiger partial charge in [-0.25, -0.2) is 17.8 Å². The number of benzene rings is 3. The fraction of sp³-hybridized carbons (Fsp3) is 0.160. The van der Waals surface area contributed by atoms with Gasteiger partial charge in [-0.2, -0.15) is 5.10 Å². The molecule has 0 amide bonds. The first kappa shape index (κ1) is 22.6. The van der Waals surface area contributed by atoms with Gasteiger partial charge in [-0.3, -0.25) is 0 Å². The predicted molar refractivity (Wildman–Crippen MR) is 127 cm³/mol. The number of para-hydroxylation sites is 1. The van der Waals surface area contributed by atoms with E-state index in [1.54, 1.807) is 31.2 Å². The monoisotopic (exact) mass is 463 g/mol. The number of ether oxygens (including phenoxy) is 2. The zero-order valence-corrected chi connectivity index (χ0v) is 19.2. The van der Waals surface area contributed by atoms with Gasteiger partial charge < -0.3 is 9.47 Å². The molecule has 1 N–H and O–H groups in total. The van der Waals surface area contributed by atoms with Crippen molar-refractivity contribution in [2.24, 2.45) is 0 Å². The van der Waals surface area contributed by atoms with Crippen LogP contribution in [0.15, 0.2) is 90.0 Å². The number of nitrogens with zero attached hydrogens (tertiary/aromatic N) is 2. The lowest BCUT2D eigenvalue weighted by Crippen LogP contribution is -2.26. The Hall–Kier alpha value is -3.62. The topological polar surface area (TPSA) is 82.5 Å². The van der Waals surface area contributed by atoms with Crippen LogP contribution in [0.2, 0.25) is 0 Å². The fourth-order valence-corrected chi connectivity index (χ4v) is 4.69. The molecule has 7 nitrogen and oxygen atoms in total. The van der Waals surface area contributed by atoms with Gasteiger partial charge in [0.25, 0.3) is 0 Å². The van der Waals surface area contributed by atoms with Gasteiger partial charge in [-0.1, -0.05) is 54.6 Å². The van der Waals surface area contributed by atoms with Crippen LogP contribution in [0.3, 0.4) is 0 Å². The molecule has 0 aliphatic heterocycles. The van der Waals surface area contributed by atoms with E-state index in [0.29, 0.717) is 23.6 Å². The first-order chi connectivity index (χ1) is 16.0. The molecule has 0 bridgehead atoms. The second kappa shape index (κ2) is 9.89. The van der Waals surface area contributed by atoms with Crippen molar-refractivity contribution in [1.29, 1.82) is 0 Å². The Labute approximate surface area is 193 Å². The Morgan fingerprint density at radius 1 is 0.879 bits per heavy atom. The molecular weight excluding hydrogens is 438 g/mol. The minimum Gasteiger partial charge on any atom is -0.493 e. The molecule has 0 radical (unpaired) electrons. The summed E-state index contributed by atoms with van der Waals surface area (Å²) in [7, 11) is -0.670. The Morgan fingerprint density at radius 2 is 1.55 bits per heavy atom. The van der Waals surface area contributed by atoms with E-state index < -0.39 is 10.0 Å². The molecule has 170 valence electrons. The Bertz CT molecular complexity index is 1320. The lowest BCUT2D eigenvalue weighted by atomic mass is 10.1. The molecule has 0 atom stereocenters. The maximum Gasteiger partial charge on any atom is 0.244 e. The SMILES string of the molecule is COc1ccc(CCNS(=O)(=O)c2cn(-c3ccccc3)nc2-c2ccccc2)cc1OC. The van der Waals surface area contributed by atoms with Gasteiger partial charge in [0.15, 0.2) is 11.5 Å². The molecule has 8 heteroatoms. The summed E-state index contributed by atoms with van der Waals surface area (Å²) < 4.78 is 41.4. The van der Waals surface area contributed by atoms with E-state index in [1.165, 1.54) is 0 Å². The summed E-state index contributed by atoms with van der Waals surface area (Å²) in [6.45, 7) is 0.225. The van der Waals surface area contributed by atoms with Crippen LogP contribution < -0.4 is 14.2 Å². The van der Waals surface area contributed by atoms with Crippen molar-refractivity contribution in [3.63, 3.8) is 0 Å². The zero-order chi connectivity index (χ0) is 23.3. The van der Waals surface area contributed by atoms with Crippen LogP contribution in [-0.4, -0.2) is 39.0 Å². The van der Waals surface area contributed by atoms with Crippen LogP contribution in [0.25, 0.3) is 16.9 Å². The van der Waals surface area contributed by atoms with Crippen molar-refractivity contribution in [2.75, 3.05) is 20.8 Å². The van der Waals surface area contributed by atoms with Crippen LogP contribution in [0.1, 0.15) is 5.56 Å². The van der Waals surface area contributed by atoms with Gasteiger partial charge in [-0.15, -0.1) is 0 Å². The number of sulfonamides is 1. The Kier molecular flexibility index (Phi) is 6.76. The van der Waals surface area contributed by atoms with E-state index >= 15 is 0 Å². The number of aromatic nitrogens is 2. The lowest BCUT2D eigenvalue weighted by molar-refractivity contribution is 0.354. The molecule has 33 heavy (non-hydrogen) atoms. The molecule has 0 aliphatic carbocycles. The third-order valence-corrected chi connectivity index (χ3v) is 6.65. The van der Waals surface area contributed by atoms with Gasteiger partial charge in [0.2, 0.25) is 10.0 Å². The average Bonchev–Trinajstić information content (AvgIpc) is 3.32. The third-order valence-electron chi connectivity index (χ3n) is 5.19. The molecular formula is C25H25N3O4S. The summed E-state index contributed by atoms with van der Waals surface area (Å²) >= 11 is 0. The number of hydrogen-bond acceptors (Lipinski definition) is 5. The molecule has 4 aromatic rings. The number of hydrogen-bond donors (Lipinski definition) is 1. The van der Waals surface area contributed by atoms with Crippen LogP contribution in [-0.2, 0) is 16.4 Å². The normalized spacial score (nSPS) is 11.3. The minimum atomic E-state index is -3.81. The van der Waals surface area contributed by atoms with Crippen LogP contribution in [0.5, 0.6) is 11.5 Å². The summed E-state index contributed by atoms with van der Waals surface area (Å²) in [6, 6.07) is 24.3. The summed E-state index contributed by atoms with van der Waals surface area (Å²) in [6.07, 6.45) is 2.05. The lowest BCUT2D eigenvalue weighted by Gasteiger charge is -2.10. The van der Waals surface area contributed by atoms with E-state index in [2.05, 4.69) is 9.82 Å². The van der Waals surface area contributed by atoms with E-state index in [4.69, 9.17) is 9.47 Å². The second-order valence-corrected chi connectivity index (χ2v) is 9.06. The van der Waals surface area contributed by atoms with Crippen molar-refractivity contribution in [3.05, 3.63) is 90.6 Å². The van der Waals surface area contributed by atoms with Crippen molar-refractivity contribution in [1.82, 2.24) is 14.5 Å². The van der Waals surface area contributed by atoms with Gasteiger partial charge in [-0.05, 0) is 36.2 Å². The maximum atomic E-state index is 13.3. The maximum absolute atomic E-state index is 13.3. The highest BCUT2D eigenvalue weighted by molar-refractivity contribution is 7.89. The number of methoxy groups -OCH3 is 2. The van der Waals surface area contributed by atoms with Gasteiger partial charge in [0.05, 0.1) is 26.1 Å². The summed E-state index contributed by atoms with van der Waals surface area (Å²) in [5.41, 5.74) is 2.84. The summed E-state index contributed by atoms with van der Waals surface area (Å²) in [4.78, 5) is 0.130. The Morgan fingerprint density at radius 3 is 2.21 bits per heavy atom. The van der Waals surface area contributed by atoms with Crippen LogP contribution >= 0.6 is 0 Å². The number of nitrogens with one attached hydrogen (secondary N) is 1. The molecule has 1 aromatic heterocycles. The molecule has 4 rings (SSSR count). The van der Waals surface area contributed by atoms with Gasteiger partial charge in [0, 0.05) is 12.1 Å². The van der Waals surface area contributed by atoms with Crippen molar-refractivity contribution in [3.8, 4) is 28.4 Å². The Balaban J connectivity index is 1.60. The molecule has 3 aromatic carbocycles. The molecule has 0 unspecified atom stereocenters. The largest absolute Gasteiger partial charge is 0.493 e.